The molecule has 0 unspecified atom stereocenters. The molecule has 1 aromatic heterocycles. The molecule has 0 saturated carbocycles. The van der Waals surface area contributed by atoms with E-state index in [1.54, 1.807) is 6.26 Å². The van der Waals surface area contributed by atoms with Crippen LogP contribution in [0, 0.1) is 6.92 Å². The lowest BCUT2D eigenvalue weighted by Gasteiger charge is -2.13. The molecule has 0 spiro atoms. The molecule has 0 aliphatic rings. The average Bonchev–Trinajstić information content (AvgIpc) is 2.99. The third-order valence-electron chi connectivity index (χ3n) is 3.93. The molecule has 23 heavy (non-hydrogen) atoms. The zero-order valence-electron chi connectivity index (χ0n) is 13.7. The third kappa shape index (κ3) is 3.57. The van der Waals surface area contributed by atoms with Crippen LogP contribution in [0.2, 0.25) is 0 Å². The SMILES string of the molecule is Cc1occc1COc1ccc(-c2ccc(N(C)C)cc2)cc1. The van der Waals surface area contributed by atoms with Gasteiger partial charge in [0.15, 0.2) is 0 Å². The standard InChI is InChI=1S/C20H21NO2/c1-15-18(12-13-22-15)14-23-20-10-6-17(7-11-20)16-4-8-19(9-5-16)21(2)3/h4-13H,14H2,1-3H3. The normalized spacial score (nSPS) is 10.6. The van der Waals surface area contributed by atoms with E-state index in [4.69, 9.17) is 9.15 Å². The molecule has 2 aromatic carbocycles. The topological polar surface area (TPSA) is 25.6 Å². The quantitative estimate of drug-likeness (QED) is 0.670. The molecule has 1 heterocycles. The molecule has 0 bridgehead atoms. The summed E-state index contributed by atoms with van der Waals surface area (Å²) in [7, 11) is 4.09. The van der Waals surface area contributed by atoms with Crippen molar-refractivity contribution in [3.63, 3.8) is 0 Å². The molecule has 0 radical (unpaired) electrons. The Balaban J connectivity index is 1.68. The van der Waals surface area contributed by atoms with Gasteiger partial charge in [-0.2, -0.15) is 0 Å². The lowest BCUT2D eigenvalue weighted by atomic mass is 10.1. The fourth-order valence-corrected chi connectivity index (χ4v) is 2.42. The Kier molecular flexibility index (Phi) is 4.38. The van der Waals surface area contributed by atoms with E-state index >= 15 is 0 Å². The maximum absolute atomic E-state index is 5.81. The first-order chi connectivity index (χ1) is 11.1. The van der Waals surface area contributed by atoms with Gasteiger partial charge in [0.05, 0.1) is 6.26 Å². The van der Waals surface area contributed by atoms with Gasteiger partial charge in [-0.3, -0.25) is 0 Å². The van der Waals surface area contributed by atoms with E-state index in [0.29, 0.717) is 6.61 Å². The number of benzene rings is 2. The number of anilines is 1. The van der Waals surface area contributed by atoms with Crippen LogP contribution in [0.3, 0.4) is 0 Å². The lowest BCUT2D eigenvalue weighted by Crippen LogP contribution is -2.07. The molecule has 3 rings (SSSR count). The van der Waals surface area contributed by atoms with Crippen LogP contribution in [0.5, 0.6) is 5.75 Å². The third-order valence-corrected chi connectivity index (χ3v) is 3.93. The van der Waals surface area contributed by atoms with Gasteiger partial charge >= 0.3 is 0 Å². The van der Waals surface area contributed by atoms with Gasteiger partial charge in [0, 0.05) is 25.3 Å². The molecular weight excluding hydrogens is 286 g/mol. The van der Waals surface area contributed by atoms with Crippen molar-refractivity contribution in [3.8, 4) is 16.9 Å². The summed E-state index contributed by atoms with van der Waals surface area (Å²) in [5.74, 6) is 1.77. The molecule has 0 fully saturated rings. The van der Waals surface area contributed by atoms with Crippen LogP contribution in [-0.4, -0.2) is 14.1 Å². The van der Waals surface area contributed by atoms with Crippen molar-refractivity contribution in [1.82, 2.24) is 0 Å². The van der Waals surface area contributed by atoms with Crippen LogP contribution < -0.4 is 9.64 Å². The number of aryl methyl sites for hydroxylation is 1. The van der Waals surface area contributed by atoms with Gasteiger partial charge in [-0.1, -0.05) is 24.3 Å². The van der Waals surface area contributed by atoms with Crippen LogP contribution in [0.1, 0.15) is 11.3 Å². The highest BCUT2D eigenvalue weighted by Crippen LogP contribution is 2.25. The molecule has 3 nitrogen and oxygen atoms in total. The summed E-state index contributed by atoms with van der Waals surface area (Å²) in [6.45, 7) is 2.47. The van der Waals surface area contributed by atoms with Crippen molar-refractivity contribution in [2.24, 2.45) is 0 Å². The minimum absolute atomic E-state index is 0.527. The average molecular weight is 307 g/mol. The Morgan fingerprint density at radius 3 is 2.00 bits per heavy atom. The minimum Gasteiger partial charge on any atom is -0.489 e. The predicted molar refractivity (Wildman–Crippen MR) is 94.0 cm³/mol. The Bertz CT molecular complexity index is 755. The molecule has 0 aliphatic heterocycles. The van der Waals surface area contributed by atoms with Crippen molar-refractivity contribution in [2.45, 2.75) is 13.5 Å². The van der Waals surface area contributed by atoms with E-state index in [1.807, 2.05) is 39.2 Å². The Morgan fingerprint density at radius 2 is 1.48 bits per heavy atom. The van der Waals surface area contributed by atoms with Gasteiger partial charge < -0.3 is 14.1 Å². The van der Waals surface area contributed by atoms with Crippen LogP contribution in [0.25, 0.3) is 11.1 Å². The summed E-state index contributed by atoms with van der Waals surface area (Å²) >= 11 is 0. The molecule has 0 aliphatic carbocycles. The van der Waals surface area contributed by atoms with Gasteiger partial charge in [0.2, 0.25) is 0 Å². The van der Waals surface area contributed by atoms with Crippen molar-refractivity contribution < 1.29 is 9.15 Å². The van der Waals surface area contributed by atoms with Gasteiger partial charge in [0.1, 0.15) is 18.1 Å². The van der Waals surface area contributed by atoms with E-state index in [0.717, 1.165) is 17.1 Å². The Morgan fingerprint density at radius 1 is 0.870 bits per heavy atom. The first kappa shape index (κ1) is 15.2. The van der Waals surface area contributed by atoms with E-state index in [1.165, 1.54) is 16.8 Å². The summed E-state index contributed by atoms with van der Waals surface area (Å²) in [6, 6.07) is 18.7. The van der Waals surface area contributed by atoms with Crippen LogP contribution >= 0.6 is 0 Å². The van der Waals surface area contributed by atoms with Crippen LogP contribution in [-0.2, 0) is 6.61 Å². The summed E-state index contributed by atoms with van der Waals surface area (Å²) in [5, 5.41) is 0. The molecule has 0 amide bonds. The molecule has 0 saturated heterocycles. The maximum Gasteiger partial charge on any atom is 0.119 e. The Labute approximate surface area is 137 Å². The van der Waals surface area contributed by atoms with Gasteiger partial charge in [-0.15, -0.1) is 0 Å². The van der Waals surface area contributed by atoms with E-state index < -0.39 is 0 Å². The number of furan rings is 1. The minimum atomic E-state index is 0.527. The fourth-order valence-electron chi connectivity index (χ4n) is 2.42. The second kappa shape index (κ2) is 6.61. The van der Waals surface area contributed by atoms with Crippen molar-refractivity contribution in [3.05, 3.63) is 72.2 Å². The molecular formula is C20H21NO2. The highest BCUT2D eigenvalue weighted by Gasteiger charge is 2.03. The van der Waals surface area contributed by atoms with Gasteiger partial charge in [-0.05, 0) is 48.4 Å². The van der Waals surface area contributed by atoms with Crippen LogP contribution in [0.4, 0.5) is 5.69 Å². The summed E-state index contributed by atoms with van der Waals surface area (Å²) in [4.78, 5) is 2.10. The molecule has 3 heteroatoms. The van der Waals surface area contributed by atoms with Crippen molar-refractivity contribution in [1.29, 1.82) is 0 Å². The number of ether oxygens (including phenoxy) is 1. The zero-order chi connectivity index (χ0) is 16.2. The number of hydrogen-bond donors (Lipinski definition) is 0. The smallest absolute Gasteiger partial charge is 0.119 e. The summed E-state index contributed by atoms with van der Waals surface area (Å²) in [6.07, 6.45) is 1.69. The number of rotatable bonds is 5. The van der Waals surface area contributed by atoms with E-state index in [9.17, 15) is 0 Å². The molecule has 118 valence electrons. The second-order valence-electron chi connectivity index (χ2n) is 5.76. The van der Waals surface area contributed by atoms with Crippen molar-refractivity contribution in [2.75, 3.05) is 19.0 Å². The number of nitrogens with zero attached hydrogens (tertiary/aromatic N) is 1. The highest BCUT2D eigenvalue weighted by atomic mass is 16.5. The second-order valence-corrected chi connectivity index (χ2v) is 5.76. The van der Waals surface area contributed by atoms with Gasteiger partial charge in [0.25, 0.3) is 0 Å². The first-order valence-corrected chi connectivity index (χ1v) is 7.67. The highest BCUT2D eigenvalue weighted by molar-refractivity contribution is 5.66. The zero-order valence-corrected chi connectivity index (χ0v) is 13.7. The monoisotopic (exact) mass is 307 g/mol. The van der Waals surface area contributed by atoms with E-state index in [2.05, 4.69) is 41.3 Å². The first-order valence-electron chi connectivity index (χ1n) is 7.67. The maximum atomic E-state index is 5.81. The summed E-state index contributed by atoms with van der Waals surface area (Å²) < 4.78 is 11.1. The predicted octanol–water partition coefficient (Wildman–Crippen LogP) is 4.90. The summed E-state index contributed by atoms with van der Waals surface area (Å²) in [5.41, 5.74) is 4.66. The fraction of sp³-hybridized carbons (Fsp3) is 0.200. The number of hydrogen-bond acceptors (Lipinski definition) is 3. The lowest BCUT2D eigenvalue weighted by molar-refractivity contribution is 0.303. The molecule has 0 atom stereocenters. The molecule has 0 N–H and O–H groups in total. The van der Waals surface area contributed by atoms with Crippen molar-refractivity contribution >= 4 is 5.69 Å². The van der Waals surface area contributed by atoms with Gasteiger partial charge in [-0.25, -0.2) is 0 Å². The Hall–Kier alpha value is -2.68. The molecule has 3 aromatic rings. The largest absolute Gasteiger partial charge is 0.489 e. The van der Waals surface area contributed by atoms with Crippen LogP contribution in [0.15, 0.2) is 65.3 Å². The van der Waals surface area contributed by atoms with E-state index in [-0.39, 0.29) is 0 Å².